The second-order valence-electron chi connectivity index (χ2n) is 4.06. The van der Waals surface area contributed by atoms with E-state index < -0.39 is 0 Å². The molecule has 7 nitrogen and oxygen atoms in total. The molecule has 0 amide bonds. The van der Waals surface area contributed by atoms with Crippen LogP contribution in [0.5, 0.6) is 17.4 Å². The third-order valence-corrected chi connectivity index (χ3v) is 2.59. The maximum absolute atomic E-state index is 8.88. The zero-order valence-corrected chi connectivity index (χ0v) is 11.8. The van der Waals surface area contributed by atoms with Crippen molar-refractivity contribution < 1.29 is 9.47 Å². The Morgan fingerprint density at radius 1 is 1.29 bits per heavy atom. The zero-order valence-electron chi connectivity index (χ0n) is 11.8. The Morgan fingerprint density at radius 3 is 2.76 bits per heavy atom. The molecule has 0 spiro atoms. The van der Waals surface area contributed by atoms with E-state index in [1.807, 2.05) is 13.0 Å². The highest BCUT2D eigenvalue weighted by molar-refractivity contribution is 5.49. The summed E-state index contributed by atoms with van der Waals surface area (Å²) >= 11 is 0. The molecule has 0 radical (unpaired) electrons. The van der Waals surface area contributed by atoms with Gasteiger partial charge in [0.15, 0.2) is 11.5 Å². The van der Waals surface area contributed by atoms with Gasteiger partial charge in [0.2, 0.25) is 11.8 Å². The summed E-state index contributed by atoms with van der Waals surface area (Å²) in [6.07, 6.45) is 0. The van der Waals surface area contributed by atoms with Crippen LogP contribution in [0.25, 0.3) is 0 Å². The second-order valence-corrected chi connectivity index (χ2v) is 4.06. The van der Waals surface area contributed by atoms with Gasteiger partial charge in [-0.1, -0.05) is 0 Å². The third kappa shape index (κ3) is 3.51. The van der Waals surface area contributed by atoms with Crippen molar-refractivity contribution in [1.29, 1.82) is 5.26 Å². The monoisotopic (exact) mass is 285 g/mol. The zero-order chi connectivity index (χ0) is 15.2. The smallest absolute Gasteiger partial charge is 0.226 e. The lowest BCUT2D eigenvalue weighted by molar-refractivity contribution is 0.374. The largest absolute Gasteiger partial charge is 0.493 e. The van der Waals surface area contributed by atoms with Crippen LogP contribution in [0, 0.1) is 11.3 Å². The van der Waals surface area contributed by atoms with Crippen LogP contribution in [0.2, 0.25) is 0 Å². The van der Waals surface area contributed by atoms with E-state index in [4.69, 9.17) is 20.5 Å². The molecule has 1 aromatic carbocycles. The van der Waals surface area contributed by atoms with E-state index in [1.165, 1.54) is 7.11 Å². The van der Waals surface area contributed by atoms with Gasteiger partial charge in [0.05, 0.1) is 18.7 Å². The summed E-state index contributed by atoms with van der Waals surface area (Å²) in [6, 6.07) is 8.54. The van der Waals surface area contributed by atoms with Crippen molar-refractivity contribution in [2.75, 3.05) is 24.7 Å². The Hall–Kier alpha value is -3.01. The molecule has 2 rings (SSSR count). The topological polar surface area (TPSA) is 106 Å². The first-order chi connectivity index (χ1) is 10.2. The minimum atomic E-state index is 0.107. The van der Waals surface area contributed by atoms with Crippen molar-refractivity contribution in [2.45, 2.75) is 6.92 Å². The molecular formula is C14H15N5O2. The summed E-state index contributed by atoms with van der Waals surface area (Å²) in [5.74, 6) is 1.86. The Kier molecular flexibility index (Phi) is 4.41. The molecule has 108 valence electrons. The van der Waals surface area contributed by atoms with Gasteiger partial charge in [-0.25, -0.2) is 0 Å². The SMILES string of the molecule is CCNc1cc(Oc2ccc(C#N)cc2OC)nc(N)n1. The van der Waals surface area contributed by atoms with E-state index in [2.05, 4.69) is 15.3 Å². The van der Waals surface area contributed by atoms with E-state index >= 15 is 0 Å². The third-order valence-electron chi connectivity index (χ3n) is 2.59. The van der Waals surface area contributed by atoms with Gasteiger partial charge in [0, 0.05) is 18.7 Å². The van der Waals surface area contributed by atoms with E-state index in [0.29, 0.717) is 35.3 Å². The number of hydrogen-bond acceptors (Lipinski definition) is 7. The normalized spacial score (nSPS) is 9.76. The fourth-order valence-electron chi connectivity index (χ4n) is 1.70. The van der Waals surface area contributed by atoms with Gasteiger partial charge in [0.25, 0.3) is 0 Å². The van der Waals surface area contributed by atoms with Crippen LogP contribution in [0.3, 0.4) is 0 Å². The quantitative estimate of drug-likeness (QED) is 0.866. The van der Waals surface area contributed by atoms with Gasteiger partial charge in [0.1, 0.15) is 5.82 Å². The van der Waals surface area contributed by atoms with Gasteiger partial charge in [-0.15, -0.1) is 0 Å². The number of hydrogen-bond donors (Lipinski definition) is 2. The number of anilines is 2. The van der Waals surface area contributed by atoms with Crippen LogP contribution in [0.4, 0.5) is 11.8 Å². The molecule has 1 aromatic heterocycles. The number of aromatic nitrogens is 2. The Bertz CT molecular complexity index is 682. The molecule has 0 unspecified atom stereocenters. The van der Waals surface area contributed by atoms with Crippen molar-refractivity contribution in [1.82, 2.24) is 9.97 Å². The van der Waals surface area contributed by atoms with Crippen molar-refractivity contribution in [2.24, 2.45) is 0 Å². The summed E-state index contributed by atoms with van der Waals surface area (Å²) in [7, 11) is 1.50. The number of rotatable bonds is 5. The average molecular weight is 285 g/mol. The molecule has 0 saturated heterocycles. The first-order valence-corrected chi connectivity index (χ1v) is 6.30. The number of nitrogens with zero attached hydrogens (tertiary/aromatic N) is 3. The van der Waals surface area contributed by atoms with Crippen LogP contribution in [-0.2, 0) is 0 Å². The first kappa shape index (κ1) is 14.4. The predicted molar refractivity (Wildman–Crippen MR) is 78.4 cm³/mol. The van der Waals surface area contributed by atoms with E-state index in [1.54, 1.807) is 24.3 Å². The molecule has 7 heteroatoms. The molecule has 1 heterocycles. The lowest BCUT2D eigenvalue weighted by Crippen LogP contribution is -2.04. The summed E-state index contributed by atoms with van der Waals surface area (Å²) < 4.78 is 10.9. The summed E-state index contributed by atoms with van der Waals surface area (Å²) in [6.45, 7) is 2.65. The van der Waals surface area contributed by atoms with Gasteiger partial charge in [-0.2, -0.15) is 15.2 Å². The van der Waals surface area contributed by atoms with Crippen molar-refractivity contribution in [3.8, 4) is 23.4 Å². The summed E-state index contributed by atoms with van der Waals surface area (Å²) in [5.41, 5.74) is 6.12. The Balaban J connectivity index is 2.31. The van der Waals surface area contributed by atoms with Crippen LogP contribution in [0.15, 0.2) is 24.3 Å². The molecule has 21 heavy (non-hydrogen) atoms. The number of nitrogens with two attached hydrogens (primary N) is 1. The molecular weight excluding hydrogens is 270 g/mol. The maximum atomic E-state index is 8.88. The number of nitriles is 1. The minimum absolute atomic E-state index is 0.107. The Labute approximate surface area is 122 Å². The predicted octanol–water partition coefficient (Wildman–Crippen LogP) is 2.16. The number of benzene rings is 1. The second kappa shape index (κ2) is 6.43. The fourth-order valence-corrected chi connectivity index (χ4v) is 1.70. The van der Waals surface area contributed by atoms with E-state index in [-0.39, 0.29) is 5.95 Å². The number of nitrogen functional groups attached to an aromatic ring is 1. The molecule has 0 bridgehead atoms. The molecule has 3 N–H and O–H groups in total. The van der Waals surface area contributed by atoms with E-state index in [0.717, 1.165) is 0 Å². The number of nitrogens with one attached hydrogen (secondary N) is 1. The molecule has 0 aliphatic carbocycles. The highest BCUT2D eigenvalue weighted by Crippen LogP contribution is 2.32. The number of ether oxygens (including phenoxy) is 2. The summed E-state index contributed by atoms with van der Waals surface area (Å²) in [4.78, 5) is 8.05. The van der Waals surface area contributed by atoms with E-state index in [9.17, 15) is 0 Å². The van der Waals surface area contributed by atoms with Gasteiger partial charge in [-0.3, -0.25) is 0 Å². The molecule has 0 saturated carbocycles. The van der Waals surface area contributed by atoms with Crippen LogP contribution in [0.1, 0.15) is 12.5 Å². The molecule has 0 fully saturated rings. The highest BCUT2D eigenvalue weighted by Gasteiger charge is 2.09. The first-order valence-electron chi connectivity index (χ1n) is 6.30. The van der Waals surface area contributed by atoms with Gasteiger partial charge >= 0.3 is 0 Å². The minimum Gasteiger partial charge on any atom is -0.493 e. The number of methoxy groups -OCH3 is 1. The van der Waals surface area contributed by atoms with Gasteiger partial charge < -0.3 is 20.5 Å². The lowest BCUT2D eigenvalue weighted by Gasteiger charge is -2.11. The van der Waals surface area contributed by atoms with Crippen LogP contribution >= 0.6 is 0 Å². The fraction of sp³-hybridized carbons (Fsp3) is 0.214. The summed E-state index contributed by atoms with van der Waals surface area (Å²) in [5, 5.41) is 11.9. The average Bonchev–Trinajstić information content (AvgIpc) is 2.47. The maximum Gasteiger partial charge on any atom is 0.226 e. The molecule has 0 aliphatic heterocycles. The Morgan fingerprint density at radius 2 is 2.10 bits per heavy atom. The molecule has 0 aliphatic rings. The van der Waals surface area contributed by atoms with Crippen molar-refractivity contribution in [3.63, 3.8) is 0 Å². The standard InChI is InChI=1S/C14H15N5O2/c1-3-17-12-7-13(19-14(16)18-12)21-10-5-4-9(8-15)6-11(10)20-2/h4-7H,3H2,1-2H3,(H3,16,17,18,19). The van der Waals surface area contributed by atoms with Crippen LogP contribution < -0.4 is 20.5 Å². The molecule has 0 atom stereocenters. The van der Waals surface area contributed by atoms with Crippen molar-refractivity contribution >= 4 is 11.8 Å². The van der Waals surface area contributed by atoms with Gasteiger partial charge in [-0.05, 0) is 19.1 Å². The van der Waals surface area contributed by atoms with Crippen LogP contribution in [-0.4, -0.2) is 23.6 Å². The molecule has 2 aromatic rings. The van der Waals surface area contributed by atoms with Crippen molar-refractivity contribution in [3.05, 3.63) is 29.8 Å². The lowest BCUT2D eigenvalue weighted by atomic mass is 10.2. The highest BCUT2D eigenvalue weighted by atomic mass is 16.5.